The summed E-state index contributed by atoms with van der Waals surface area (Å²) < 4.78 is 46.0. The number of nitrogens with zero attached hydrogens (tertiary/aromatic N) is 1. The van der Waals surface area contributed by atoms with Crippen LogP contribution in [0.15, 0.2) is 75.9 Å². The summed E-state index contributed by atoms with van der Waals surface area (Å²) in [6, 6.07) is 14.9. The van der Waals surface area contributed by atoms with E-state index in [2.05, 4.69) is 0 Å². The third-order valence-electron chi connectivity index (χ3n) is 5.66. The first-order valence-electron chi connectivity index (χ1n) is 9.99. The molecule has 0 spiro atoms. The molecule has 0 radical (unpaired) electrons. The molecule has 1 atom stereocenters. The number of halogens is 4. The first-order chi connectivity index (χ1) is 15.6. The quantitative estimate of drug-likeness (QED) is 0.335. The molecule has 0 saturated carbocycles. The SMILES string of the molecule is Cc1ccc2oc3c(c(=O)c2c1)C(c1ccc(Cl)cc1)N(c1cccc(C(F)(F)F)c1)C3=O. The van der Waals surface area contributed by atoms with Crippen molar-refractivity contribution in [2.75, 3.05) is 4.90 Å². The second-order valence-corrected chi connectivity index (χ2v) is 8.29. The van der Waals surface area contributed by atoms with Crippen LogP contribution in [0.3, 0.4) is 0 Å². The molecule has 1 aromatic heterocycles. The molecule has 4 aromatic rings. The molecule has 1 amide bonds. The van der Waals surface area contributed by atoms with E-state index in [-0.39, 0.29) is 22.6 Å². The van der Waals surface area contributed by atoms with Gasteiger partial charge in [-0.3, -0.25) is 14.5 Å². The average molecular weight is 470 g/mol. The van der Waals surface area contributed by atoms with E-state index in [1.807, 2.05) is 6.92 Å². The lowest BCUT2D eigenvalue weighted by atomic mass is 9.98. The highest BCUT2D eigenvalue weighted by Gasteiger charge is 2.44. The van der Waals surface area contributed by atoms with Crippen molar-refractivity contribution in [3.63, 3.8) is 0 Å². The largest absolute Gasteiger partial charge is 0.450 e. The van der Waals surface area contributed by atoms with Crippen molar-refractivity contribution in [3.05, 3.63) is 110 Å². The zero-order chi connectivity index (χ0) is 23.5. The summed E-state index contributed by atoms with van der Waals surface area (Å²) in [5.41, 5.74) is 0.355. The molecule has 4 nitrogen and oxygen atoms in total. The summed E-state index contributed by atoms with van der Waals surface area (Å²) in [5, 5.41) is 0.737. The Bertz CT molecular complexity index is 1480. The summed E-state index contributed by atoms with van der Waals surface area (Å²) in [7, 11) is 0. The molecule has 1 aliphatic rings. The van der Waals surface area contributed by atoms with Crippen LogP contribution in [0.2, 0.25) is 5.02 Å². The predicted octanol–water partition coefficient (Wildman–Crippen LogP) is 6.52. The molecule has 1 aliphatic heterocycles. The minimum absolute atomic E-state index is 0.000752. The molecule has 3 aromatic carbocycles. The van der Waals surface area contributed by atoms with Crippen molar-refractivity contribution in [3.8, 4) is 0 Å². The molecule has 0 fully saturated rings. The normalized spacial score (nSPS) is 15.8. The summed E-state index contributed by atoms with van der Waals surface area (Å²) >= 11 is 6.01. The molecule has 0 bridgehead atoms. The summed E-state index contributed by atoms with van der Waals surface area (Å²) in [5.74, 6) is -0.877. The minimum Gasteiger partial charge on any atom is -0.450 e. The van der Waals surface area contributed by atoms with Gasteiger partial charge >= 0.3 is 6.18 Å². The smallest absolute Gasteiger partial charge is 0.416 e. The van der Waals surface area contributed by atoms with Gasteiger partial charge in [0.05, 0.1) is 22.6 Å². The molecule has 0 aliphatic carbocycles. The number of aryl methyl sites for hydroxylation is 1. The van der Waals surface area contributed by atoms with Gasteiger partial charge in [-0.15, -0.1) is 0 Å². The van der Waals surface area contributed by atoms with Gasteiger partial charge in [0.1, 0.15) is 5.58 Å². The fourth-order valence-electron chi connectivity index (χ4n) is 4.15. The van der Waals surface area contributed by atoms with Crippen LogP contribution in [0.25, 0.3) is 11.0 Å². The van der Waals surface area contributed by atoms with Gasteiger partial charge in [0, 0.05) is 10.7 Å². The number of benzene rings is 3. The number of hydrogen-bond acceptors (Lipinski definition) is 3. The van der Waals surface area contributed by atoms with E-state index in [0.717, 1.165) is 17.7 Å². The maximum Gasteiger partial charge on any atom is 0.416 e. The molecular weight excluding hydrogens is 455 g/mol. The van der Waals surface area contributed by atoms with Crippen molar-refractivity contribution in [1.82, 2.24) is 0 Å². The number of carbonyl (C=O) groups excluding carboxylic acids is 1. The van der Waals surface area contributed by atoms with Gasteiger partial charge in [-0.2, -0.15) is 13.2 Å². The van der Waals surface area contributed by atoms with Gasteiger partial charge in [0.2, 0.25) is 5.76 Å². The molecule has 5 rings (SSSR count). The van der Waals surface area contributed by atoms with E-state index in [1.54, 1.807) is 42.5 Å². The fourth-order valence-corrected chi connectivity index (χ4v) is 4.27. The van der Waals surface area contributed by atoms with Gasteiger partial charge in [-0.05, 0) is 55.0 Å². The number of hydrogen-bond donors (Lipinski definition) is 0. The van der Waals surface area contributed by atoms with Crippen molar-refractivity contribution >= 4 is 34.2 Å². The number of fused-ring (bicyclic) bond motifs is 2. The maximum absolute atomic E-state index is 13.5. The highest BCUT2D eigenvalue weighted by Crippen LogP contribution is 2.42. The molecule has 166 valence electrons. The lowest BCUT2D eigenvalue weighted by Gasteiger charge is -2.26. The van der Waals surface area contributed by atoms with E-state index in [9.17, 15) is 22.8 Å². The summed E-state index contributed by atoms with van der Waals surface area (Å²) in [6.45, 7) is 1.82. The van der Waals surface area contributed by atoms with Crippen LogP contribution in [0.5, 0.6) is 0 Å². The van der Waals surface area contributed by atoms with Gasteiger partial charge in [0.25, 0.3) is 5.91 Å². The van der Waals surface area contributed by atoms with Crippen LogP contribution in [0.4, 0.5) is 18.9 Å². The number of carbonyl (C=O) groups is 1. The number of amides is 1. The summed E-state index contributed by atoms with van der Waals surface area (Å²) in [4.78, 5) is 28.2. The monoisotopic (exact) mass is 469 g/mol. The second-order valence-electron chi connectivity index (χ2n) is 7.85. The predicted molar refractivity (Wildman–Crippen MR) is 119 cm³/mol. The second kappa shape index (κ2) is 7.49. The average Bonchev–Trinajstić information content (AvgIpc) is 3.07. The minimum atomic E-state index is -4.60. The molecule has 1 unspecified atom stereocenters. The van der Waals surface area contributed by atoms with Gasteiger partial charge in [-0.1, -0.05) is 41.4 Å². The zero-order valence-electron chi connectivity index (χ0n) is 17.1. The Morgan fingerprint density at radius 3 is 2.39 bits per heavy atom. The van der Waals surface area contributed by atoms with E-state index in [1.165, 1.54) is 17.0 Å². The first kappa shape index (κ1) is 21.3. The first-order valence-corrected chi connectivity index (χ1v) is 10.4. The lowest BCUT2D eigenvalue weighted by Crippen LogP contribution is -2.29. The van der Waals surface area contributed by atoms with E-state index in [0.29, 0.717) is 16.0 Å². The Labute approximate surface area is 190 Å². The standard InChI is InChI=1S/C25H15ClF3NO3/c1-13-5-10-19-18(11-13)22(31)20-21(14-6-8-16(26)9-7-14)30(24(32)23(20)33-19)17-4-2-3-15(12-17)25(27,28)29/h2-12,21H,1H3. The highest BCUT2D eigenvalue weighted by atomic mass is 35.5. The Morgan fingerprint density at radius 2 is 1.70 bits per heavy atom. The van der Waals surface area contributed by atoms with Gasteiger partial charge in [-0.25, -0.2) is 0 Å². The van der Waals surface area contributed by atoms with Crippen molar-refractivity contribution < 1.29 is 22.4 Å². The molecule has 0 N–H and O–H groups in total. The molecule has 33 heavy (non-hydrogen) atoms. The maximum atomic E-state index is 13.5. The van der Waals surface area contributed by atoms with Crippen LogP contribution >= 0.6 is 11.6 Å². The fraction of sp³-hybridized carbons (Fsp3) is 0.120. The molecule has 8 heteroatoms. The third kappa shape index (κ3) is 3.49. The van der Waals surface area contributed by atoms with Crippen LogP contribution in [0.1, 0.15) is 38.9 Å². The van der Waals surface area contributed by atoms with Crippen LogP contribution in [-0.2, 0) is 6.18 Å². The van der Waals surface area contributed by atoms with E-state index < -0.39 is 29.1 Å². The number of rotatable bonds is 2. The van der Waals surface area contributed by atoms with E-state index in [4.69, 9.17) is 16.0 Å². The number of alkyl halides is 3. The van der Waals surface area contributed by atoms with Crippen molar-refractivity contribution in [1.29, 1.82) is 0 Å². The van der Waals surface area contributed by atoms with Crippen molar-refractivity contribution in [2.45, 2.75) is 19.1 Å². The van der Waals surface area contributed by atoms with Crippen LogP contribution in [0, 0.1) is 6.92 Å². The highest BCUT2D eigenvalue weighted by molar-refractivity contribution is 6.30. The van der Waals surface area contributed by atoms with E-state index >= 15 is 0 Å². The molecule has 0 saturated heterocycles. The van der Waals surface area contributed by atoms with Crippen LogP contribution in [-0.4, -0.2) is 5.91 Å². The van der Waals surface area contributed by atoms with Crippen molar-refractivity contribution in [2.24, 2.45) is 0 Å². The molecular formula is C25H15ClF3NO3. The van der Waals surface area contributed by atoms with Gasteiger partial charge in [0.15, 0.2) is 5.43 Å². The van der Waals surface area contributed by atoms with Gasteiger partial charge < -0.3 is 4.42 Å². The Morgan fingerprint density at radius 1 is 0.970 bits per heavy atom. The lowest BCUT2D eigenvalue weighted by molar-refractivity contribution is -0.137. The summed E-state index contributed by atoms with van der Waals surface area (Å²) in [6.07, 6.45) is -4.60. The Hall–Kier alpha value is -3.58. The Kier molecular flexibility index (Phi) is 4.83. The molecule has 2 heterocycles. The topological polar surface area (TPSA) is 50.5 Å². The third-order valence-corrected chi connectivity index (χ3v) is 5.92. The number of anilines is 1. The zero-order valence-corrected chi connectivity index (χ0v) is 17.9. The van der Waals surface area contributed by atoms with Crippen LogP contribution < -0.4 is 10.3 Å². The Balaban J connectivity index is 1.79.